The van der Waals surface area contributed by atoms with Crippen molar-refractivity contribution in [2.45, 2.75) is 23.0 Å². The molecule has 2 aromatic rings. The lowest BCUT2D eigenvalue weighted by molar-refractivity contribution is -0.126. The summed E-state index contributed by atoms with van der Waals surface area (Å²) in [6.45, 7) is 1.64. The van der Waals surface area contributed by atoms with Gasteiger partial charge < -0.3 is 10.6 Å². The molecule has 4 rings (SSSR count). The first-order valence-electron chi connectivity index (χ1n) is 8.63. The van der Waals surface area contributed by atoms with Crippen LogP contribution < -0.4 is 10.6 Å². The summed E-state index contributed by atoms with van der Waals surface area (Å²) in [5.74, 6) is 2.42. The Labute approximate surface area is 156 Å². The van der Waals surface area contributed by atoms with E-state index in [1.165, 1.54) is 17.1 Å². The maximum Gasteiger partial charge on any atom is 0.252 e. The molecule has 132 valence electrons. The highest BCUT2D eigenvalue weighted by Gasteiger charge is 2.42. The standard InChI is InChI=1S/C18H22N4OS2/c23-17(18(5-8-19-9-6-18)22-10-2-7-20-22)21-15-4-1-3-14(13-15)16-24-11-12-25-16/h1-4,7,10,13,16,19H,5-6,8-9,11-12H2,(H,21,23). The number of benzene rings is 1. The van der Waals surface area contributed by atoms with E-state index in [0.717, 1.165) is 31.6 Å². The number of nitrogens with zero attached hydrogens (tertiary/aromatic N) is 2. The topological polar surface area (TPSA) is 59.0 Å². The fraction of sp³-hybridized carbons (Fsp3) is 0.444. The van der Waals surface area contributed by atoms with Crippen LogP contribution in [-0.4, -0.2) is 40.3 Å². The first-order valence-corrected chi connectivity index (χ1v) is 10.7. The first kappa shape index (κ1) is 17.0. The number of carbonyl (C=O) groups is 1. The van der Waals surface area contributed by atoms with E-state index in [1.54, 1.807) is 6.20 Å². The average molecular weight is 375 g/mol. The van der Waals surface area contributed by atoms with Crippen molar-refractivity contribution in [3.05, 3.63) is 48.3 Å². The number of piperidine rings is 1. The Morgan fingerprint density at radius 3 is 2.76 bits per heavy atom. The summed E-state index contributed by atoms with van der Waals surface area (Å²) in [7, 11) is 0. The van der Waals surface area contributed by atoms with Crippen LogP contribution in [0.2, 0.25) is 0 Å². The molecule has 0 aliphatic carbocycles. The molecule has 0 bridgehead atoms. The molecule has 1 amide bonds. The van der Waals surface area contributed by atoms with Crippen molar-refractivity contribution < 1.29 is 4.79 Å². The smallest absolute Gasteiger partial charge is 0.252 e. The van der Waals surface area contributed by atoms with Crippen molar-refractivity contribution in [2.24, 2.45) is 0 Å². The maximum atomic E-state index is 13.2. The van der Waals surface area contributed by atoms with E-state index in [9.17, 15) is 4.79 Å². The molecule has 2 N–H and O–H groups in total. The molecular formula is C18H22N4OS2. The highest BCUT2D eigenvalue weighted by atomic mass is 32.2. The molecule has 0 spiro atoms. The SMILES string of the molecule is O=C(Nc1cccc(C2SCCS2)c1)C1(n2cccn2)CCNCC1. The zero-order chi connectivity index (χ0) is 17.1. The van der Waals surface area contributed by atoms with Crippen molar-refractivity contribution in [1.29, 1.82) is 0 Å². The summed E-state index contributed by atoms with van der Waals surface area (Å²) in [6.07, 6.45) is 5.13. The normalized spacial score (nSPS) is 20.5. The van der Waals surface area contributed by atoms with Crippen LogP contribution in [0, 0.1) is 0 Å². The predicted octanol–water partition coefficient (Wildman–Crippen LogP) is 3.08. The molecule has 2 aliphatic heterocycles. The van der Waals surface area contributed by atoms with Gasteiger partial charge in [0.05, 0.1) is 4.58 Å². The Morgan fingerprint density at radius 2 is 2.04 bits per heavy atom. The van der Waals surface area contributed by atoms with Crippen LogP contribution in [0.3, 0.4) is 0 Å². The lowest BCUT2D eigenvalue weighted by Crippen LogP contribution is -2.52. The lowest BCUT2D eigenvalue weighted by Gasteiger charge is -2.36. The Hall–Kier alpha value is -1.44. The van der Waals surface area contributed by atoms with Crippen molar-refractivity contribution in [1.82, 2.24) is 15.1 Å². The van der Waals surface area contributed by atoms with Gasteiger partial charge in [-0.15, -0.1) is 23.5 Å². The molecule has 0 atom stereocenters. The van der Waals surface area contributed by atoms with E-state index < -0.39 is 5.54 Å². The fourth-order valence-electron chi connectivity index (χ4n) is 3.48. The minimum absolute atomic E-state index is 0.0292. The number of aromatic nitrogens is 2. The van der Waals surface area contributed by atoms with E-state index in [4.69, 9.17) is 0 Å². The summed E-state index contributed by atoms with van der Waals surface area (Å²) < 4.78 is 2.31. The maximum absolute atomic E-state index is 13.2. The molecule has 0 radical (unpaired) electrons. The number of carbonyl (C=O) groups excluding carboxylic acids is 1. The molecule has 25 heavy (non-hydrogen) atoms. The third kappa shape index (κ3) is 3.45. The van der Waals surface area contributed by atoms with Gasteiger partial charge in [0.15, 0.2) is 0 Å². The number of rotatable bonds is 4. The molecule has 1 aromatic heterocycles. The molecule has 1 aromatic carbocycles. The van der Waals surface area contributed by atoms with Gasteiger partial charge in [-0.05, 0) is 49.7 Å². The van der Waals surface area contributed by atoms with E-state index in [-0.39, 0.29) is 5.91 Å². The van der Waals surface area contributed by atoms with Crippen molar-refractivity contribution in [3.63, 3.8) is 0 Å². The molecule has 2 fully saturated rings. The highest BCUT2D eigenvalue weighted by Crippen LogP contribution is 2.45. The minimum Gasteiger partial charge on any atom is -0.324 e. The van der Waals surface area contributed by atoms with Gasteiger partial charge >= 0.3 is 0 Å². The number of anilines is 1. The third-order valence-corrected chi connectivity index (χ3v) is 7.94. The Balaban J connectivity index is 1.56. The first-order chi connectivity index (χ1) is 12.3. The summed E-state index contributed by atoms with van der Waals surface area (Å²) >= 11 is 3.95. The Bertz CT molecular complexity index is 722. The third-order valence-electron chi connectivity index (χ3n) is 4.83. The molecule has 3 heterocycles. The van der Waals surface area contributed by atoms with E-state index in [1.807, 2.05) is 52.6 Å². The molecule has 2 aliphatic rings. The van der Waals surface area contributed by atoms with Gasteiger partial charge in [-0.2, -0.15) is 5.10 Å². The van der Waals surface area contributed by atoms with Crippen LogP contribution in [0.4, 0.5) is 5.69 Å². The zero-order valence-electron chi connectivity index (χ0n) is 14.0. The Morgan fingerprint density at radius 1 is 1.24 bits per heavy atom. The van der Waals surface area contributed by atoms with Crippen LogP contribution in [-0.2, 0) is 10.3 Å². The van der Waals surface area contributed by atoms with Gasteiger partial charge in [0.1, 0.15) is 5.54 Å². The average Bonchev–Trinajstić information content (AvgIpc) is 3.36. The van der Waals surface area contributed by atoms with Gasteiger partial charge in [-0.3, -0.25) is 9.48 Å². The summed E-state index contributed by atoms with van der Waals surface area (Å²) in [4.78, 5) is 13.2. The quantitative estimate of drug-likeness (QED) is 0.861. The van der Waals surface area contributed by atoms with Crippen LogP contribution in [0.1, 0.15) is 23.0 Å². The number of thioether (sulfide) groups is 2. The van der Waals surface area contributed by atoms with E-state index in [2.05, 4.69) is 27.9 Å². The number of nitrogens with one attached hydrogen (secondary N) is 2. The van der Waals surface area contributed by atoms with Gasteiger partial charge in [0.2, 0.25) is 0 Å². The van der Waals surface area contributed by atoms with Crippen LogP contribution in [0.5, 0.6) is 0 Å². The van der Waals surface area contributed by atoms with Gasteiger partial charge in [-0.25, -0.2) is 0 Å². The van der Waals surface area contributed by atoms with Gasteiger partial charge in [0.25, 0.3) is 5.91 Å². The molecular weight excluding hydrogens is 352 g/mol. The zero-order valence-corrected chi connectivity index (χ0v) is 15.6. The molecule has 2 saturated heterocycles. The van der Waals surface area contributed by atoms with Gasteiger partial charge in [-0.1, -0.05) is 12.1 Å². The van der Waals surface area contributed by atoms with E-state index in [0.29, 0.717) is 4.58 Å². The number of hydrogen-bond acceptors (Lipinski definition) is 5. The molecule has 0 saturated carbocycles. The summed E-state index contributed by atoms with van der Waals surface area (Å²) in [5.41, 5.74) is 1.55. The Kier molecular flexibility index (Phi) is 5.05. The number of amides is 1. The second-order valence-electron chi connectivity index (χ2n) is 6.39. The minimum atomic E-state index is -0.610. The van der Waals surface area contributed by atoms with Crippen LogP contribution in [0.25, 0.3) is 0 Å². The second kappa shape index (κ2) is 7.43. The van der Waals surface area contributed by atoms with Gasteiger partial charge in [0, 0.05) is 29.6 Å². The van der Waals surface area contributed by atoms with Crippen LogP contribution in [0.15, 0.2) is 42.7 Å². The second-order valence-corrected chi connectivity index (χ2v) is 9.11. The van der Waals surface area contributed by atoms with Crippen molar-refractivity contribution >= 4 is 35.1 Å². The van der Waals surface area contributed by atoms with Crippen molar-refractivity contribution in [2.75, 3.05) is 29.9 Å². The number of hydrogen-bond donors (Lipinski definition) is 2. The predicted molar refractivity (Wildman–Crippen MR) is 105 cm³/mol. The fourth-order valence-corrected chi connectivity index (χ4v) is 6.32. The molecule has 7 heteroatoms. The largest absolute Gasteiger partial charge is 0.324 e. The van der Waals surface area contributed by atoms with E-state index >= 15 is 0 Å². The molecule has 5 nitrogen and oxygen atoms in total. The van der Waals surface area contributed by atoms with Crippen LogP contribution >= 0.6 is 23.5 Å². The highest BCUT2D eigenvalue weighted by molar-refractivity contribution is 8.19. The lowest BCUT2D eigenvalue weighted by atomic mass is 9.87. The summed E-state index contributed by atoms with van der Waals surface area (Å²) in [5, 5.41) is 10.9. The van der Waals surface area contributed by atoms with Crippen molar-refractivity contribution in [3.8, 4) is 0 Å². The summed E-state index contributed by atoms with van der Waals surface area (Å²) in [6, 6.07) is 10.2. The molecule has 0 unspecified atom stereocenters. The monoisotopic (exact) mass is 374 g/mol.